The number of rotatable bonds is 8. The maximum Gasteiger partial charge on any atom is 0.257 e. The largest absolute Gasteiger partial charge is 0.296 e. The lowest BCUT2D eigenvalue weighted by molar-refractivity contribution is 0.102. The van der Waals surface area contributed by atoms with Crippen molar-refractivity contribution >= 4 is 33.2 Å². The highest BCUT2D eigenvalue weighted by Crippen LogP contribution is 2.18. The minimum absolute atomic E-state index is 0.218. The Labute approximate surface area is 143 Å². The molecule has 0 saturated heterocycles. The molecular formula is C16H21N3O2S2. The van der Waals surface area contributed by atoms with E-state index >= 15 is 0 Å². The third kappa shape index (κ3) is 5.84. The third-order valence-electron chi connectivity index (χ3n) is 3.24. The second kappa shape index (κ2) is 8.88. The summed E-state index contributed by atoms with van der Waals surface area (Å²) in [4.78, 5) is 12.3. The molecule has 1 aromatic carbocycles. The van der Waals surface area contributed by atoms with E-state index < -0.39 is 10.8 Å². The topological polar surface area (TPSA) is 72.0 Å². The number of hydrogen-bond acceptors (Lipinski definition) is 5. The van der Waals surface area contributed by atoms with Crippen LogP contribution in [0.15, 0.2) is 24.3 Å². The number of carbonyl (C=O) groups is 1. The summed E-state index contributed by atoms with van der Waals surface area (Å²) in [6, 6.07) is 7.17. The second-order valence-electron chi connectivity index (χ2n) is 5.33. The van der Waals surface area contributed by atoms with Crippen molar-refractivity contribution in [1.82, 2.24) is 10.2 Å². The fourth-order valence-electron chi connectivity index (χ4n) is 2.14. The number of aryl methyl sites for hydroxylation is 1. The van der Waals surface area contributed by atoms with Crippen molar-refractivity contribution in [2.45, 2.75) is 38.4 Å². The van der Waals surface area contributed by atoms with Gasteiger partial charge in [0.1, 0.15) is 5.01 Å². The second-order valence-corrected chi connectivity index (χ2v) is 7.83. The summed E-state index contributed by atoms with van der Waals surface area (Å²) in [5.74, 6) is 0.228. The highest BCUT2D eigenvalue weighted by Gasteiger charge is 2.11. The van der Waals surface area contributed by atoms with E-state index in [9.17, 15) is 9.00 Å². The van der Waals surface area contributed by atoms with Gasteiger partial charge in [0, 0.05) is 34.8 Å². The molecule has 1 heterocycles. The highest BCUT2D eigenvalue weighted by molar-refractivity contribution is 7.83. The van der Waals surface area contributed by atoms with Crippen molar-refractivity contribution in [3.63, 3.8) is 0 Å². The molecule has 1 atom stereocenters. The maximum absolute atomic E-state index is 12.3. The smallest absolute Gasteiger partial charge is 0.257 e. The summed E-state index contributed by atoms with van der Waals surface area (Å²) >= 11 is 1.42. The van der Waals surface area contributed by atoms with Crippen LogP contribution in [-0.4, -0.2) is 26.6 Å². The first-order valence-electron chi connectivity index (χ1n) is 7.61. The highest BCUT2D eigenvalue weighted by atomic mass is 32.2. The first-order chi connectivity index (χ1) is 11.1. The van der Waals surface area contributed by atoms with Gasteiger partial charge in [-0.1, -0.05) is 43.2 Å². The fourth-order valence-corrected chi connectivity index (χ4v) is 3.56. The van der Waals surface area contributed by atoms with E-state index in [0.29, 0.717) is 16.4 Å². The Morgan fingerprint density at radius 1 is 1.30 bits per heavy atom. The van der Waals surface area contributed by atoms with Crippen molar-refractivity contribution in [2.24, 2.45) is 0 Å². The molecule has 0 aliphatic carbocycles. The summed E-state index contributed by atoms with van der Waals surface area (Å²) in [7, 11) is -0.929. The number of hydrogen-bond donors (Lipinski definition) is 1. The van der Waals surface area contributed by atoms with E-state index in [1.54, 1.807) is 24.5 Å². The van der Waals surface area contributed by atoms with Gasteiger partial charge in [-0.25, -0.2) is 0 Å². The number of anilines is 1. The summed E-state index contributed by atoms with van der Waals surface area (Å²) in [5, 5.41) is 12.4. The molecule has 0 fully saturated rings. The molecule has 5 nitrogen and oxygen atoms in total. The zero-order chi connectivity index (χ0) is 16.7. The molecule has 0 spiro atoms. The Morgan fingerprint density at radius 2 is 2.13 bits per heavy atom. The average molecular weight is 351 g/mol. The minimum Gasteiger partial charge on any atom is -0.296 e. The SMILES string of the molecule is CCCCCc1nnc(NC(=O)c2cccc(CS(C)=O)c2)s1. The molecule has 2 rings (SSSR count). The van der Waals surface area contributed by atoms with Crippen LogP contribution in [0.1, 0.15) is 47.1 Å². The van der Waals surface area contributed by atoms with Gasteiger partial charge in [0.05, 0.1) is 0 Å². The maximum atomic E-state index is 12.3. The van der Waals surface area contributed by atoms with Gasteiger partial charge in [0.25, 0.3) is 5.91 Å². The van der Waals surface area contributed by atoms with Crippen LogP contribution in [0.3, 0.4) is 0 Å². The molecule has 1 amide bonds. The third-order valence-corrected chi connectivity index (χ3v) is 4.88. The Balaban J connectivity index is 1.97. The molecular weight excluding hydrogens is 330 g/mol. The molecule has 1 N–H and O–H groups in total. The molecule has 1 aromatic heterocycles. The van der Waals surface area contributed by atoms with Crippen molar-refractivity contribution in [3.8, 4) is 0 Å². The number of carbonyl (C=O) groups excluding carboxylic acids is 1. The monoisotopic (exact) mass is 351 g/mol. The van der Waals surface area contributed by atoms with Gasteiger partial charge in [0.2, 0.25) is 5.13 Å². The lowest BCUT2D eigenvalue weighted by Crippen LogP contribution is -2.12. The lowest BCUT2D eigenvalue weighted by atomic mass is 10.1. The van der Waals surface area contributed by atoms with Gasteiger partial charge in [0.15, 0.2) is 0 Å². The summed E-state index contributed by atoms with van der Waals surface area (Å²) in [5.41, 5.74) is 1.42. The minimum atomic E-state index is -0.929. The standard InChI is InChI=1S/C16H21N3O2S2/c1-3-4-5-9-14-18-19-16(22-14)17-15(20)13-8-6-7-12(10-13)11-23(2)21/h6-8,10H,3-5,9,11H2,1-2H3,(H,17,19,20). The first-order valence-corrected chi connectivity index (χ1v) is 10.2. The molecule has 0 bridgehead atoms. The van der Waals surface area contributed by atoms with Crippen LogP contribution in [0, 0.1) is 0 Å². The zero-order valence-electron chi connectivity index (χ0n) is 13.4. The van der Waals surface area contributed by atoms with Crippen molar-refractivity contribution in [1.29, 1.82) is 0 Å². The van der Waals surface area contributed by atoms with Crippen LogP contribution >= 0.6 is 11.3 Å². The first kappa shape index (κ1) is 17.7. The number of aromatic nitrogens is 2. The predicted molar refractivity (Wildman–Crippen MR) is 95.3 cm³/mol. The van der Waals surface area contributed by atoms with E-state index in [1.165, 1.54) is 24.2 Å². The number of benzene rings is 1. The van der Waals surface area contributed by atoms with Gasteiger partial charge in [-0.15, -0.1) is 10.2 Å². The number of amides is 1. The normalized spacial score (nSPS) is 12.1. The molecule has 7 heteroatoms. The molecule has 0 saturated carbocycles. The summed E-state index contributed by atoms with van der Waals surface area (Å²) in [6.07, 6.45) is 5.98. The van der Waals surface area contributed by atoms with Crippen LogP contribution in [0.25, 0.3) is 0 Å². The van der Waals surface area contributed by atoms with E-state index in [2.05, 4.69) is 22.4 Å². The Hall–Kier alpha value is -1.60. The van der Waals surface area contributed by atoms with Crippen LogP contribution < -0.4 is 5.32 Å². The van der Waals surface area contributed by atoms with Crippen molar-refractivity contribution < 1.29 is 9.00 Å². The van der Waals surface area contributed by atoms with E-state index in [4.69, 9.17) is 0 Å². The number of unbranched alkanes of at least 4 members (excludes halogenated alkanes) is 2. The Bertz CT molecular complexity index is 685. The quantitative estimate of drug-likeness (QED) is 0.740. The fraction of sp³-hybridized carbons (Fsp3) is 0.438. The van der Waals surface area contributed by atoms with E-state index in [0.717, 1.165) is 23.4 Å². The predicted octanol–water partition coefficient (Wildman–Crippen LogP) is 3.40. The van der Waals surface area contributed by atoms with Crippen LogP contribution in [0.4, 0.5) is 5.13 Å². The number of nitrogens with zero attached hydrogens (tertiary/aromatic N) is 2. The number of nitrogens with one attached hydrogen (secondary N) is 1. The summed E-state index contributed by atoms with van der Waals surface area (Å²) in [6.45, 7) is 2.16. The molecule has 23 heavy (non-hydrogen) atoms. The molecule has 0 aliphatic heterocycles. The average Bonchev–Trinajstić information content (AvgIpc) is 2.94. The van der Waals surface area contributed by atoms with Gasteiger partial charge in [-0.05, 0) is 24.1 Å². The van der Waals surface area contributed by atoms with Gasteiger partial charge < -0.3 is 0 Å². The van der Waals surface area contributed by atoms with Gasteiger partial charge in [-0.3, -0.25) is 14.3 Å². The van der Waals surface area contributed by atoms with Crippen molar-refractivity contribution in [2.75, 3.05) is 11.6 Å². The van der Waals surface area contributed by atoms with E-state index in [1.807, 2.05) is 6.07 Å². The van der Waals surface area contributed by atoms with Gasteiger partial charge >= 0.3 is 0 Å². The Morgan fingerprint density at radius 3 is 2.87 bits per heavy atom. The van der Waals surface area contributed by atoms with Crippen LogP contribution in [0.5, 0.6) is 0 Å². The van der Waals surface area contributed by atoms with Crippen LogP contribution in [-0.2, 0) is 23.0 Å². The zero-order valence-corrected chi connectivity index (χ0v) is 15.0. The molecule has 124 valence electrons. The molecule has 0 aliphatic rings. The molecule has 0 radical (unpaired) electrons. The summed E-state index contributed by atoms with van der Waals surface area (Å²) < 4.78 is 11.3. The van der Waals surface area contributed by atoms with Gasteiger partial charge in [-0.2, -0.15) is 0 Å². The lowest BCUT2D eigenvalue weighted by Gasteiger charge is -2.04. The molecule has 2 aromatic rings. The molecule has 1 unspecified atom stereocenters. The van der Waals surface area contributed by atoms with Crippen LogP contribution in [0.2, 0.25) is 0 Å². The van der Waals surface area contributed by atoms with Crippen molar-refractivity contribution in [3.05, 3.63) is 40.4 Å². The Kier molecular flexibility index (Phi) is 6.85. The van der Waals surface area contributed by atoms with E-state index in [-0.39, 0.29) is 5.91 Å².